The van der Waals surface area contributed by atoms with Gasteiger partial charge in [0.2, 0.25) is 0 Å². The molecule has 0 aliphatic rings. The zero-order valence-corrected chi connectivity index (χ0v) is 15.4. The van der Waals surface area contributed by atoms with E-state index in [2.05, 4.69) is 20.4 Å². The largest absolute Gasteiger partial charge is 0.465 e. The fourth-order valence-electron chi connectivity index (χ4n) is 2.08. The summed E-state index contributed by atoms with van der Waals surface area (Å²) in [5.41, 5.74) is 1.33. The first-order valence-electron chi connectivity index (χ1n) is 6.96. The number of rotatable bonds is 6. The summed E-state index contributed by atoms with van der Waals surface area (Å²) in [4.78, 5) is 16.6. The van der Waals surface area contributed by atoms with Crippen LogP contribution in [0.15, 0.2) is 24.3 Å². The molecule has 2 N–H and O–H groups in total. The van der Waals surface area contributed by atoms with Gasteiger partial charge in [-0.05, 0) is 46.9 Å². The quantitative estimate of drug-likeness (QED) is 0.385. The predicted octanol–water partition coefficient (Wildman–Crippen LogP) is 3.89. The number of nitrogens with one attached hydrogen (secondary N) is 2. The predicted molar refractivity (Wildman–Crippen MR) is 93.9 cm³/mol. The Bertz CT molecular complexity index is 803. The molecule has 0 atom stereocenters. The SMILES string of the molecule is CONCc1cc(C(=O)OC)c(Nc2ccc(I)cc2F)c(F)c1F. The van der Waals surface area contributed by atoms with Crippen LogP contribution in [-0.4, -0.2) is 20.2 Å². The number of carbonyl (C=O) groups is 1. The molecule has 0 aliphatic carbocycles. The van der Waals surface area contributed by atoms with E-state index >= 15 is 0 Å². The molecule has 2 rings (SSSR count). The van der Waals surface area contributed by atoms with Crippen LogP contribution in [-0.2, 0) is 16.1 Å². The lowest BCUT2D eigenvalue weighted by Gasteiger charge is -2.15. The van der Waals surface area contributed by atoms with Gasteiger partial charge in [0.05, 0.1) is 31.2 Å². The molecule has 0 unspecified atom stereocenters. The second-order valence-electron chi connectivity index (χ2n) is 4.85. The maximum Gasteiger partial charge on any atom is 0.340 e. The minimum Gasteiger partial charge on any atom is -0.465 e. The minimum absolute atomic E-state index is 0.105. The van der Waals surface area contributed by atoms with Gasteiger partial charge in [-0.15, -0.1) is 0 Å². The Labute approximate surface area is 155 Å². The molecule has 5 nitrogen and oxygen atoms in total. The van der Waals surface area contributed by atoms with Crippen molar-refractivity contribution in [1.82, 2.24) is 5.48 Å². The minimum atomic E-state index is -1.33. The molecule has 0 amide bonds. The first-order valence-corrected chi connectivity index (χ1v) is 8.04. The molecule has 0 aliphatic heterocycles. The lowest BCUT2D eigenvalue weighted by Crippen LogP contribution is -2.16. The molecule has 0 aromatic heterocycles. The van der Waals surface area contributed by atoms with Crippen LogP contribution >= 0.6 is 22.6 Å². The molecular formula is C16H14F3IN2O3. The number of ether oxygens (including phenoxy) is 1. The summed E-state index contributed by atoms with van der Waals surface area (Å²) in [6.45, 7) is -0.179. The average molecular weight is 466 g/mol. The molecule has 0 saturated heterocycles. The summed E-state index contributed by atoms with van der Waals surface area (Å²) in [5.74, 6) is -4.09. The molecule has 25 heavy (non-hydrogen) atoms. The Morgan fingerprint density at radius 1 is 1.16 bits per heavy atom. The van der Waals surface area contributed by atoms with Gasteiger partial charge in [-0.25, -0.2) is 18.0 Å². The van der Waals surface area contributed by atoms with E-state index in [0.29, 0.717) is 3.57 Å². The van der Waals surface area contributed by atoms with Crippen LogP contribution in [0.25, 0.3) is 0 Å². The van der Waals surface area contributed by atoms with E-state index in [4.69, 9.17) is 0 Å². The number of hydrogen-bond acceptors (Lipinski definition) is 5. The molecule has 9 heteroatoms. The summed E-state index contributed by atoms with van der Waals surface area (Å²) in [5, 5.41) is 2.43. The number of methoxy groups -OCH3 is 1. The molecule has 0 saturated carbocycles. The Morgan fingerprint density at radius 3 is 2.48 bits per heavy atom. The van der Waals surface area contributed by atoms with E-state index in [1.807, 2.05) is 22.6 Å². The first kappa shape index (κ1) is 19.5. The number of hydrogen-bond donors (Lipinski definition) is 2. The Hall–Kier alpha value is -1.85. The highest BCUT2D eigenvalue weighted by Gasteiger charge is 2.24. The molecule has 0 bridgehead atoms. The molecule has 2 aromatic carbocycles. The number of esters is 1. The molecule has 134 valence electrons. The highest BCUT2D eigenvalue weighted by atomic mass is 127. The van der Waals surface area contributed by atoms with Crippen LogP contribution in [0.1, 0.15) is 15.9 Å². The van der Waals surface area contributed by atoms with Crippen molar-refractivity contribution in [3.05, 3.63) is 56.4 Å². The van der Waals surface area contributed by atoms with Gasteiger partial charge in [0, 0.05) is 15.7 Å². The van der Waals surface area contributed by atoms with E-state index in [0.717, 1.165) is 13.2 Å². The van der Waals surface area contributed by atoms with Crippen LogP contribution in [0, 0.1) is 21.0 Å². The van der Waals surface area contributed by atoms with Crippen molar-refractivity contribution in [1.29, 1.82) is 0 Å². The lowest BCUT2D eigenvalue weighted by molar-refractivity contribution is 0.0600. The maximum absolute atomic E-state index is 14.5. The van der Waals surface area contributed by atoms with Gasteiger partial charge in [0.25, 0.3) is 0 Å². The summed E-state index contributed by atoms with van der Waals surface area (Å²) < 4.78 is 48.0. The highest BCUT2D eigenvalue weighted by molar-refractivity contribution is 14.1. The van der Waals surface area contributed by atoms with Gasteiger partial charge < -0.3 is 14.9 Å². The van der Waals surface area contributed by atoms with E-state index < -0.39 is 29.1 Å². The summed E-state index contributed by atoms with van der Waals surface area (Å²) in [6.07, 6.45) is 0. The zero-order chi connectivity index (χ0) is 18.6. The average Bonchev–Trinajstić information content (AvgIpc) is 2.59. The van der Waals surface area contributed by atoms with Crippen LogP contribution in [0.2, 0.25) is 0 Å². The smallest absolute Gasteiger partial charge is 0.340 e. The molecule has 0 spiro atoms. The summed E-state index contributed by atoms with van der Waals surface area (Å²) >= 11 is 1.91. The van der Waals surface area contributed by atoms with Crippen molar-refractivity contribution in [2.45, 2.75) is 6.54 Å². The van der Waals surface area contributed by atoms with Crippen LogP contribution in [0.5, 0.6) is 0 Å². The second-order valence-corrected chi connectivity index (χ2v) is 6.10. The zero-order valence-electron chi connectivity index (χ0n) is 13.3. The van der Waals surface area contributed by atoms with E-state index in [-0.39, 0.29) is 23.4 Å². The number of anilines is 2. The van der Waals surface area contributed by atoms with Crippen LogP contribution in [0.3, 0.4) is 0 Å². The Balaban J connectivity index is 2.54. The van der Waals surface area contributed by atoms with Crippen LogP contribution < -0.4 is 10.8 Å². The van der Waals surface area contributed by atoms with Crippen molar-refractivity contribution < 1.29 is 27.5 Å². The number of carbonyl (C=O) groups excluding carboxylic acids is 1. The highest BCUT2D eigenvalue weighted by Crippen LogP contribution is 2.31. The third-order valence-electron chi connectivity index (χ3n) is 3.29. The number of halogens is 4. The standard InChI is InChI=1S/C16H14F3IN2O3/c1-24-16(23)10-5-8(7-21-25-2)13(18)14(19)15(10)22-12-4-3-9(20)6-11(12)17/h3-6,21-22H,7H2,1-2H3. The van der Waals surface area contributed by atoms with Gasteiger partial charge in [0.1, 0.15) is 5.82 Å². The normalized spacial score (nSPS) is 10.6. The van der Waals surface area contributed by atoms with Crippen LogP contribution in [0.4, 0.5) is 24.5 Å². The van der Waals surface area contributed by atoms with E-state index in [1.165, 1.54) is 19.2 Å². The fraction of sp³-hybridized carbons (Fsp3) is 0.188. The number of benzene rings is 2. The third-order valence-corrected chi connectivity index (χ3v) is 3.96. The van der Waals surface area contributed by atoms with Gasteiger partial charge in [-0.3, -0.25) is 0 Å². The Morgan fingerprint density at radius 2 is 1.88 bits per heavy atom. The maximum atomic E-state index is 14.5. The van der Waals surface area contributed by atoms with Crippen molar-refractivity contribution in [3.63, 3.8) is 0 Å². The summed E-state index contributed by atoms with van der Waals surface area (Å²) in [7, 11) is 2.41. The topological polar surface area (TPSA) is 59.6 Å². The van der Waals surface area contributed by atoms with Gasteiger partial charge in [-0.2, -0.15) is 5.48 Å². The monoisotopic (exact) mass is 466 g/mol. The number of hydroxylamine groups is 1. The van der Waals surface area contributed by atoms with Gasteiger partial charge >= 0.3 is 5.97 Å². The van der Waals surface area contributed by atoms with Crippen molar-refractivity contribution >= 4 is 39.9 Å². The molecule has 0 radical (unpaired) electrons. The second kappa shape index (κ2) is 8.50. The van der Waals surface area contributed by atoms with Gasteiger partial charge in [-0.1, -0.05) is 0 Å². The molecule has 0 fully saturated rings. The van der Waals surface area contributed by atoms with E-state index in [1.54, 1.807) is 6.07 Å². The summed E-state index contributed by atoms with van der Waals surface area (Å²) in [6, 6.07) is 5.26. The molecule has 0 heterocycles. The van der Waals surface area contributed by atoms with Crippen molar-refractivity contribution in [3.8, 4) is 0 Å². The van der Waals surface area contributed by atoms with E-state index in [9.17, 15) is 18.0 Å². The molecule has 2 aromatic rings. The van der Waals surface area contributed by atoms with Gasteiger partial charge in [0.15, 0.2) is 11.6 Å². The van der Waals surface area contributed by atoms with Crippen molar-refractivity contribution in [2.24, 2.45) is 0 Å². The third kappa shape index (κ3) is 4.41. The Kier molecular flexibility index (Phi) is 6.62. The lowest BCUT2D eigenvalue weighted by atomic mass is 10.1. The molecular weight excluding hydrogens is 452 g/mol. The van der Waals surface area contributed by atoms with Crippen molar-refractivity contribution in [2.75, 3.05) is 19.5 Å². The first-order chi connectivity index (χ1) is 11.9. The fourth-order valence-corrected chi connectivity index (χ4v) is 2.53.